The molecule has 0 aliphatic rings. The van der Waals surface area contributed by atoms with E-state index in [2.05, 4.69) is 27.4 Å². The molecule has 1 heterocycles. The van der Waals surface area contributed by atoms with E-state index in [1.165, 1.54) is 5.56 Å². The van der Waals surface area contributed by atoms with Gasteiger partial charge in [-0.15, -0.1) is 0 Å². The molecule has 0 saturated heterocycles. The number of hydrogen-bond donors (Lipinski definition) is 2. The number of hydrogen-bond acceptors (Lipinski definition) is 5. The highest BCUT2D eigenvalue weighted by Crippen LogP contribution is 2.12. The summed E-state index contributed by atoms with van der Waals surface area (Å²) < 4.78 is 5.34. The van der Waals surface area contributed by atoms with Gasteiger partial charge >= 0.3 is 0 Å². The second-order valence-electron chi connectivity index (χ2n) is 4.44. The fourth-order valence-corrected chi connectivity index (χ4v) is 1.94. The van der Waals surface area contributed by atoms with Crippen LogP contribution in [0.25, 0.3) is 0 Å². The van der Waals surface area contributed by atoms with Crippen LogP contribution >= 0.6 is 0 Å². The molecule has 0 aliphatic carbocycles. The first-order chi connectivity index (χ1) is 9.81. The van der Waals surface area contributed by atoms with E-state index >= 15 is 0 Å². The Labute approximate surface area is 119 Å². The van der Waals surface area contributed by atoms with Crippen LogP contribution in [0.1, 0.15) is 12.5 Å². The Bertz CT molecular complexity index is 518. The van der Waals surface area contributed by atoms with Gasteiger partial charge in [0.2, 0.25) is 5.88 Å². The molecule has 5 nitrogen and oxygen atoms in total. The zero-order valence-electron chi connectivity index (χ0n) is 11.6. The Kier molecular flexibility index (Phi) is 5.32. The largest absolute Gasteiger partial charge is 0.477 e. The third-order valence-corrected chi connectivity index (χ3v) is 2.87. The number of aromatic nitrogens is 2. The smallest absolute Gasteiger partial charge is 0.234 e. The van der Waals surface area contributed by atoms with Gasteiger partial charge in [0, 0.05) is 12.6 Å². The van der Waals surface area contributed by atoms with Crippen molar-refractivity contribution in [3.63, 3.8) is 0 Å². The fraction of sp³-hybridized carbons (Fsp3) is 0.333. The summed E-state index contributed by atoms with van der Waals surface area (Å²) in [6.07, 6.45) is 4.12. The highest BCUT2D eigenvalue weighted by Gasteiger charge is 2.09. The van der Waals surface area contributed by atoms with Crippen LogP contribution in [0, 0.1) is 0 Å². The monoisotopic (exact) mass is 272 g/mol. The minimum absolute atomic E-state index is 0.114. The van der Waals surface area contributed by atoms with E-state index < -0.39 is 0 Å². The van der Waals surface area contributed by atoms with Gasteiger partial charge in [-0.1, -0.05) is 30.3 Å². The van der Waals surface area contributed by atoms with E-state index in [0.29, 0.717) is 24.8 Å². The molecule has 5 heteroatoms. The average Bonchev–Trinajstić information content (AvgIpc) is 2.48. The number of benzene rings is 1. The number of rotatable bonds is 7. The summed E-state index contributed by atoms with van der Waals surface area (Å²) >= 11 is 0. The van der Waals surface area contributed by atoms with Gasteiger partial charge in [0.05, 0.1) is 19.0 Å². The summed E-state index contributed by atoms with van der Waals surface area (Å²) in [4.78, 5) is 8.45. The van der Waals surface area contributed by atoms with Crippen molar-refractivity contribution in [2.45, 2.75) is 19.4 Å². The topological polar surface area (TPSA) is 73.1 Å². The van der Waals surface area contributed by atoms with Crippen LogP contribution in [-0.4, -0.2) is 29.2 Å². The van der Waals surface area contributed by atoms with Gasteiger partial charge in [0.1, 0.15) is 5.82 Å². The SMILES string of the molecule is CCOc1cncc(NC(CN)Cc2ccccc2)n1. The van der Waals surface area contributed by atoms with Crippen molar-refractivity contribution in [1.29, 1.82) is 0 Å². The molecule has 1 aromatic heterocycles. The van der Waals surface area contributed by atoms with Gasteiger partial charge in [0.15, 0.2) is 0 Å². The van der Waals surface area contributed by atoms with Gasteiger partial charge in [-0.05, 0) is 18.9 Å². The number of nitrogens with zero attached hydrogens (tertiary/aromatic N) is 2. The molecule has 0 radical (unpaired) electrons. The van der Waals surface area contributed by atoms with Crippen LogP contribution in [0.15, 0.2) is 42.7 Å². The molecule has 2 rings (SSSR count). The van der Waals surface area contributed by atoms with Crippen molar-refractivity contribution >= 4 is 5.82 Å². The quantitative estimate of drug-likeness (QED) is 0.805. The van der Waals surface area contributed by atoms with E-state index in [-0.39, 0.29) is 6.04 Å². The Morgan fingerprint density at radius 3 is 2.75 bits per heavy atom. The Morgan fingerprint density at radius 1 is 1.25 bits per heavy atom. The summed E-state index contributed by atoms with van der Waals surface area (Å²) in [5.41, 5.74) is 7.06. The molecule has 1 unspecified atom stereocenters. The number of nitrogens with two attached hydrogens (primary N) is 1. The molecule has 3 N–H and O–H groups in total. The third-order valence-electron chi connectivity index (χ3n) is 2.87. The van der Waals surface area contributed by atoms with Gasteiger partial charge in [-0.2, -0.15) is 4.98 Å². The standard InChI is InChI=1S/C15H20N4O/c1-2-20-15-11-17-10-14(19-15)18-13(9-16)8-12-6-4-3-5-7-12/h3-7,10-11,13H,2,8-9,16H2,1H3,(H,18,19). The summed E-state index contributed by atoms with van der Waals surface area (Å²) in [6, 6.07) is 10.4. The lowest BCUT2D eigenvalue weighted by molar-refractivity contribution is 0.325. The molecule has 20 heavy (non-hydrogen) atoms. The highest BCUT2D eigenvalue weighted by molar-refractivity contribution is 5.35. The van der Waals surface area contributed by atoms with Crippen LogP contribution in [0.4, 0.5) is 5.82 Å². The van der Waals surface area contributed by atoms with Crippen LogP contribution < -0.4 is 15.8 Å². The number of nitrogens with one attached hydrogen (secondary N) is 1. The minimum atomic E-state index is 0.114. The van der Waals surface area contributed by atoms with E-state index in [4.69, 9.17) is 10.5 Å². The zero-order valence-corrected chi connectivity index (χ0v) is 11.6. The lowest BCUT2D eigenvalue weighted by atomic mass is 10.1. The Hall–Kier alpha value is -2.14. The lowest BCUT2D eigenvalue weighted by Crippen LogP contribution is -2.31. The normalized spacial score (nSPS) is 11.9. The molecule has 0 saturated carbocycles. The lowest BCUT2D eigenvalue weighted by Gasteiger charge is -2.17. The highest BCUT2D eigenvalue weighted by atomic mass is 16.5. The zero-order chi connectivity index (χ0) is 14.2. The van der Waals surface area contributed by atoms with E-state index in [9.17, 15) is 0 Å². The van der Waals surface area contributed by atoms with Crippen LogP contribution in [0.3, 0.4) is 0 Å². The van der Waals surface area contributed by atoms with Crippen molar-refractivity contribution in [2.24, 2.45) is 5.73 Å². The second kappa shape index (κ2) is 7.45. The maximum Gasteiger partial charge on any atom is 0.234 e. The molecule has 1 atom stereocenters. The van der Waals surface area contributed by atoms with Gasteiger partial charge in [-0.3, -0.25) is 4.98 Å². The molecule has 2 aromatic rings. The van der Waals surface area contributed by atoms with Crippen LogP contribution in [0.5, 0.6) is 5.88 Å². The molecular weight excluding hydrogens is 252 g/mol. The summed E-state index contributed by atoms with van der Waals surface area (Å²) in [5.74, 6) is 1.20. The molecular formula is C15H20N4O. The summed E-state index contributed by atoms with van der Waals surface area (Å²) in [5, 5.41) is 3.30. The summed E-state index contributed by atoms with van der Waals surface area (Å²) in [6.45, 7) is 3.01. The van der Waals surface area contributed by atoms with Crippen LogP contribution in [0.2, 0.25) is 0 Å². The maximum atomic E-state index is 5.82. The van der Waals surface area contributed by atoms with Crippen molar-refractivity contribution in [3.8, 4) is 5.88 Å². The second-order valence-corrected chi connectivity index (χ2v) is 4.44. The van der Waals surface area contributed by atoms with E-state index in [1.54, 1.807) is 12.4 Å². The first-order valence-corrected chi connectivity index (χ1v) is 6.77. The molecule has 106 valence electrons. The molecule has 1 aromatic carbocycles. The molecule has 0 fully saturated rings. The minimum Gasteiger partial charge on any atom is -0.477 e. The van der Waals surface area contributed by atoms with Crippen molar-refractivity contribution in [2.75, 3.05) is 18.5 Å². The van der Waals surface area contributed by atoms with Gasteiger partial charge < -0.3 is 15.8 Å². The molecule has 0 spiro atoms. The van der Waals surface area contributed by atoms with Crippen LogP contribution in [-0.2, 0) is 6.42 Å². The predicted molar refractivity (Wildman–Crippen MR) is 79.8 cm³/mol. The molecule has 0 bridgehead atoms. The maximum absolute atomic E-state index is 5.82. The van der Waals surface area contributed by atoms with Crippen molar-refractivity contribution < 1.29 is 4.74 Å². The first kappa shape index (κ1) is 14.3. The van der Waals surface area contributed by atoms with E-state index in [0.717, 1.165) is 6.42 Å². The predicted octanol–water partition coefficient (Wildman–Crippen LogP) is 1.86. The van der Waals surface area contributed by atoms with Gasteiger partial charge in [0.25, 0.3) is 0 Å². The summed E-state index contributed by atoms with van der Waals surface area (Å²) in [7, 11) is 0. The Balaban J connectivity index is 2.00. The Morgan fingerprint density at radius 2 is 2.05 bits per heavy atom. The third kappa shape index (κ3) is 4.20. The van der Waals surface area contributed by atoms with Crippen molar-refractivity contribution in [3.05, 3.63) is 48.3 Å². The van der Waals surface area contributed by atoms with E-state index in [1.807, 2.05) is 25.1 Å². The number of anilines is 1. The molecule has 0 amide bonds. The van der Waals surface area contributed by atoms with Crippen molar-refractivity contribution in [1.82, 2.24) is 9.97 Å². The fourth-order valence-electron chi connectivity index (χ4n) is 1.94. The van der Waals surface area contributed by atoms with Gasteiger partial charge in [-0.25, -0.2) is 0 Å². The first-order valence-electron chi connectivity index (χ1n) is 6.77. The average molecular weight is 272 g/mol. The molecule has 0 aliphatic heterocycles. The number of ether oxygens (including phenoxy) is 1.